The Bertz CT molecular complexity index is 4020. The van der Waals surface area contributed by atoms with E-state index in [1.54, 1.807) is 0 Å². The Balaban J connectivity index is 1.41. The Hall–Kier alpha value is -7.78. The monoisotopic (exact) mass is 1490 g/mol. The zero-order chi connectivity index (χ0) is 72.7. The normalized spacial score (nSPS) is 10.9. The van der Waals surface area contributed by atoms with Crippen molar-refractivity contribution in [3.05, 3.63) is 155 Å². The zero-order valence-electron chi connectivity index (χ0n) is 63.0. The molecule has 0 saturated heterocycles. The fourth-order valence-electron chi connectivity index (χ4n) is 11.2. The van der Waals surface area contributed by atoms with Crippen LogP contribution in [0.2, 0.25) is 18.1 Å². The van der Waals surface area contributed by atoms with E-state index in [4.69, 9.17) is 29.2 Å². The number of benzene rings is 3. The van der Waals surface area contributed by atoms with Gasteiger partial charge in [0.1, 0.15) is 74.7 Å². The van der Waals surface area contributed by atoms with Crippen molar-refractivity contribution in [3.8, 4) is 105 Å². The molecule has 0 aliphatic rings. The molecule has 3 aromatic carbocycles. The Morgan fingerprint density at radius 3 is 0.861 bits per heavy atom. The summed E-state index contributed by atoms with van der Waals surface area (Å²) < 4.78 is 19.8. The van der Waals surface area contributed by atoms with Gasteiger partial charge in [0.15, 0.2) is 0 Å². The molecule has 6 aromatic rings. The van der Waals surface area contributed by atoms with Gasteiger partial charge in [-0.15, -0.1) is 5.54 Å². The molecule has 0 unspecified atom stereocenters. The highest BCUT2D eigenvalue weighted by molar-refractivity contribution is 14.1. The second kappa shape index (κ2) is 45.3. The summed E-state index contributed by atoms with van der Waals surface area (Å²) in [6.07, 6.45) is 32.5. The number of aryl methyl sites for hydroxylation is 3. The second-order valence-corrected chi connectivity index (χ2v) is 34.5. The summed E-state index contributed by atoms with van der Waals surface area (Å²) in [6.45, 7) is 26.2. The Morgan fingerprint density at radius 2 is 0.574 bits per heavy atom. The van der Waals surface area contributed by atoms with E-state index in [9.17, 15) is 15.3 Å². The summed E-state index contributed by atoms with van der Waals surface area (Å²) in [5.41, 5.74) is 11.8. The lowest BCUT2D eigenvalue weighted by Gasteiger charge is -2.31. The number of hydrogen-bond acceptors (Lipinski definition) is 9. The van der Waals surface area contributed by atoms with Gasteiger partial charge in [0.2, 0.25) is 0 Å². The number of hydrogen-bond donors (Lipinski definition) is 3. The largest absolute Gasteiger partial charge is 0.505 e. The topological polar surface area (TPSA) is 127 Å². The number of aromatic nitrogens is 3. The van der Waals surface area contributed by atoms with Gasteiger partial charge in [-0.2, -0.15) is 0 Å². The lowest BCUT2D eigenvalue weighted by molar-refractivity contribution is 0.303. The summed E-state index contributed by atoms with van der Waals surface area (Å²) in [4.78, 5) is 14.6. The molecular formula is C90H114IN3O6Si. The molecule has 0 aliphatic carbocycles. The van der Waals surface area contributed by atoms with E-state index in [1.807, 2.05) is 72.8 Å². The van der Waals surface area contributed by atoms with Gasteiger partial charge >= 0.3 is 0 Å². The number of ether oxygens (including phenoxy) is 3. The van der Waals surface area contributed by atoms with Crippen LogP contribution < -0.4 is 14.2 Å². The van der Waals surface area contributed by atoms with Crippen molar-refractivity contribution in [3.63, 3.8) is 0 Å². The minimum absolute atomic E-state index is 0.0134. The summed E-state index contributed by atoms with van der Waals surface area (Å²) >= 11 is 2.20. The van der Waals surface area contributed by atoms with Crippen molar-refractivity contribution in [2.75, 3.05) is 19.8 Å². The summed E-state index contributed by atoms with van der Waals surface area (Å²) in [5, 5.41) is 36.0. The standard InChI is InChI=1S/C90H114IN3O6Si/c1-12-18-24-27-30-36-53-98-83-63-78(92-79(64-83)49-44-74-59-70(40-34-22-16-5)60-75(88(74)96)46-51-82-67-85(68-86(91)94-82)100-55-38-32-29-26-20-14-3)47-42-72-57-69(39-33-21-15-4)58-73(87(72)95)43-48-80-65-84(99-54-37-31-28-25-19-13-2)66-81(93-80)50-45-76-61-71(41-35-23-17-6)62-77(89(76)97)52-56-101(10,11)90(7,8)9/h57-68,95-97H,12-41,53-55H2,1-11H3. The van der Waals surface area contributed by atoms with Crippen LogP contribution in [-0.2, 0) is 19.3 Å². The SMILES string of the molecule is CCCCCCCCOc1cc(I)nc(C#Cc2cc(CCCCC)cc(C#Cc3cc(OCCCCCCCC)cc(C#Cc4cc(CCCCC)cc(C#Cc5cc(OCCCCCCCC)cc(C#Cc6cc(CCCCC)cc(C#C[Si](C)(C)C(C)(C)C)c6O)n5)c4O)n3)c2O)c1. The van der Waals surface area contributed by atoms with Gasteiger partial charge in [-0.1, -0.05) is 246 Å². The van der Waals surface area contributed by atoms with E-state index in [0.717, 1.165) is 155 Å². The molecule has 0 aliphatic heterocycles. The first-order chi connectivity index (χ1) is 48.8. The smallest absolute Gasteiger partial charge is 0.146 e. The van der Waals surface area contributed by atoms with E-state index in [1.165, 1.54) is 64.2 Å². The fourth-order valence-corrected chi connectivity index (χ4v) is 12.6. The molecule has 3 heterocycles. The number of aromatic hydroxyl groups is 3. The number of halogens is 1. The predicted octanol–water partition coefficient (Wildman–Crippen LogP) is 22.4. The van der Waals surface area contributed by atoms with Gasteiger partial charge in [-0.05, 0) is 168 Å². The van der Waals surface area contributed by atoms with Crippen LogP contribution in [0.15, 0.2) is 72.8 Å². The third-order valence-electron chi connectivity index (χ3n) is 18.4. The third-order valence-corrected chi connectivity index (χ3v) is 23.4. The molecule has 3 aromatic heterocycles. The highest BCUT2D eigenvalue weighted by atomic mass is 127. The molecule has 536 valence electrons. The van der Waals surface area contributed by atoms with Crippen LogP contribution >= 0.6 is 22.6 Å². The average molecular weight is 1490 g/mol. The van der Waals surface area contributed by atoms with Crippen LogP contribution in [0.3, 0.4) is 0 Å². The Kier molecular flexibility index (Phi) is 36.8. The minimum Gasteiger partial charge on any atom is -0.505 e. The molecule has 101 heavy (non-hydrogen) atoms. The molecule has 0 saturated carbocycles. The van der Waals surface area contributed by atoms with Gasteiger partial charge in [-0.3, -0.25) is 0 Å². The highest BCUT2D eigenvalue weighted by Crippen LogP contribution is 2.36. The second-order valence-electron chi connectivity index (χ2n) is 28.4. The summed E-state index contributed by atoms with van der Waals surface area (Å²) in [7, 11) is -1.99. The van der Waals surface area contributed by atoms with Crippen molar-refractivity contribution in [2.45, 2.75) is 273 Å². The first kappa shape index (κ1) is 82.2. The molecule has 0 fully saturated rings. The third kappa shape index (κ3) is 30.0. The Labute approximate surface area is 624 Å². The molecule has 0 radical (unpaired) electrons. The van der Waals surface area contributed by atoms with E-state index in [0.29, 0.717) is 93.2 Å². The molecule has 6 rings (SSSR count). The van der Waals surface area contributed by atoms with Gasteiger partial charge in [-0.25, -0.2) is 15.0 Å². The van der Waals surface area contributed by atoms with Gasteiger partial charge in [0.25, 0.3) is 0 Å². The Morgan fingerprint density at radius 1 is 0.327 bits per heavy atom. The first-order valence-corrected chi connectivity index (χ1v) is 42.2. The number of nitrogens with zero attached hydrogens (tertiary/aromatic N) is 3. The molecule has 9 nitrogen and oxygen atoms in total. The molecule has 0 amide bonds. The number of unbranched alkanes of at least 4 members (excludes halogenated alkanes) is 21. The number of phenolic OH excluding ortho intramolecular Hbond substituents is 3. The van der Waals surface area contributed by atoms with E-state index < -0.39 is 8.07 Å². The predicted molar refractivity (Wildman–Crippen MR) is 430 cm³/mol. The highest BCUT2D eigenvalue weighted by Gasteiger charge is 2.34. The van der Waals surface area contributed by atoms with Crippen molar-refractivity contribution in [1.82, 2.24) is 15.0 Å². The maximum absolute atomic E-state index is 12.2. The van der Waals surface area contributed by atoms with Gasteiger partial charge < -0.3 is 29.5 Å². The van der Waals surface area contributed by atoms with Crippen LogP contribution in [0.5, 0.6) is 34.5 Å². The molecule has 0 bridgehead atoms. The maximum Gasteiger partial charge on any atom is 0.146 e. The molecule has 0 atom stereocenters. The molecular weight excluding hydrogens is 1370 g/mol. The van der Waals surface area contributed by atoms with Crippen LogP contribution in [0.25, 0.3) is 0 Å². The van der Waals surface area contributed by atoms with E-state index in [-0.39, 0.29) is 22.3 Å². The lowest BCUT2D eigenvalue weighted by atomic mass is 9.99. The van der Waals surface area contributed by atoms with Crippen molar-refractivity contribution >= 4 is 30.7 Å². The van der Waals surface area contributed by atoms with Crippen LogP contribution in [0.1, 0.15) is 314 Å². The molecule has 3 N–H and O–H groups in total. The van der Waals surface area contributed by atoms with Crippen LogP contribution in [0, 0.1) is 74.4 Å². The van der Waals surface area contributed by atoms with Crippen molar-refractivity contribution in [2.24, 2.45) is 0 Å². The van der Waals surface area contributed by atoms with Crippen molar-refractivity contribution < 1.29 is 29.5 Å². The number of pyridine rings is 3. The van der Waals surface area contributed by atoms with Gasteiger partial charge in [0.05, 0.1) is 53.2 Å². The maximum atomic E-state index is 12.2. The van der Waals surface area contributed by atoms with E-state index in [2.05, 4.69) is 169 Å². The minimum atomic E-state index is -1.99. The summed E-state index contributed by atoms with van der Waals surface area (Å²) in [5.74, 6) is 38.0. The zero-order valence-corrected chi connectivity index (χ0v) is 66.2. The summed E-state index contributed by atoms with van der Waals surface area (Å²) in [6, 6.07) is 22.9. The average Bonchev–Trinajstić information content (AvgIpc) is 0.840. The number of phenols is 3. The molecule has 11 heteroatoms. The van der Waals surface area contributed by atoms with Gasteiger partial charge in [0, 0.05) is 36.4 Å². The first-order valence-electron chi connectivity index (χ1n) is 38.2. The quantitative estimate of drug-likeness (QED) is 0.0116. The van der Waals surface area contributed by atoms with Crippen molar-refractivity contribution in [1.29, 1.82) is 0 Å². The van der Waals surface area contributed by atoms with Crippen LogP contribution in [-0.4, -0.2) is 58.2 Å². The molecule has 0 spiro atoms. The number of rotatable bonds is 36. The van der Waals surface area contributed by atoms with E-state index >= 15 is 0 Å². The van der Waals surface area contributed by atoms with Crippen LogP contribution in [0.4, 0.5) is 0 Å². The lowest BCUT2D eigenvalue weighted by Crippen LogP contribution is -2.35. The fraction of sp³-hybridized carbons (Fsp3) is 0.500.